The summed E-state index contributed by atoms with van der Waals surface area (Å²) in [5.41, 5.74) is 0.676. The Hall–Kier alpha value is -0.440. The van der Waals surface area contributed by atoms with E-state index in [4.69, 9.17) is 0 Å². The lowest BCUT2D eigenvalue weighted by atomic mass is 10.3. The lowest BCUT2D eigenvalue weighted by Crippen LogP contribution is -2.30. The molecule has 1 aliphatic rings. The summed E-state index contributed by atoms with van der Waals surface area (Å²) in [4.78, 5) is 11.9. The minimum atomic E-state index is -3.20. The van der Waals surface area contributed by atoms with Crippen LogP contribution in [0.25, 0.3) is 0 Å². The molecule has 0 unspecified atom stereocenters. The number of anilines is 1. The van der Waals surface area contributed by atoms with Gasteiger partial charge in [0.1, 0.15) is 0 Å². The molecule has 1 aromatic carbocycles. The fourth-order valence-electron chi connectivity index (χ4n) is 2.31. The van der Waals surface area contributed by atoms with Crippen molar-refractivity contribution in [2.24, 2.45) is 0 Å². The van der Waals surface area contributed by atoms with Crippen molar-refractivity contribution in [3.8, 4) is 0 Å². The summed E-state index contributed by atoms with van der Waals surface area (Å²) in [7, 11) is -3.20. The van der Waals surface area contributed by atoms with Crippen LogP contribution in [0.5, 0.6) is 0 Å². The molecule has 8 heteroatoms. The van der Waals surface area contributed by atoms with Crippen LogP contribution < -0.4 is 5.32 Å². The third-order valence-electron chi connectivity index (χ3n) is 3.47. The number of halogens is 2. The summed E-state index contributed by atoms with van der Waals surface area (Å²) in [6, 6.07) is 5.46. The number of hydrogen-bond donors (Lipinski definition) is 1. The molecule has 0 aliphatic carbocycles. The van der Waals surface area contributed by atoms with Gasteiger partial charge in [0.05, 0.1) is 11.4 Å². The zero-order valence-corrected chi connectivity index (χ0v) is 16.0. The van der Waals surface area contributed by atoms with Crippen molar-refractivity contribution in [1.29, 1.82) is 0 Å². The van der Waals surface area contributed by atoms with Gasteiger partial charge in [-0.05, 0) is 53.4 Å². The van der Waals surface area contributed by atoms with Crippen molar-refractivity contribution >= 4 is 53.5 Å². The maximum atomic E-state index is 12.0. The largest absolute Gasteiger partial charge is 0.325 e. The van der Waals surface area contributed by atoms with E-state index in [1.54, 1.807) is 6.07 Å². The molecule has 1 N–H and O–H groups in total. The van der Waals surface area contributed by atoms with Gasteiger partial charge >= 0.3 is 0 Å². The van der Waals surface area contributed by atoms with Gasteiger partial charge in [0.2, 0.25) is 15.9 Å². The summed E-state index contributed by atoms with van der Waals surface area (Å²) in [6.45, 7) is 1.22. The third kappa shape index (κ3) is 5.04. The van der Waals surface area contributed by atoms with Gasteiger partial charge in [-0.2, -0.15) is 0 Å². The zero-order valence-electron chi connectivity index (χ0n) is 12.0. The molecular formula is C14H18Br2N2O3S. The molecule has 2 rings (SSSR count). The lowest BCUT2D eigenvalue weighted by molar-refractivity contribution is -0.116. The Balaban J connectivity index is 1.80. The minimum Gasteiger partial charge on any atom is -0.325 e. The van der Waals surface area contributed by atoms with Crippen molar-refractivity contribution in [2.75, 3.05) is 24.2 Å². The van der Waals surface area contributed by atoms with Gasteiger partial charge in [0.15, 0.2) is 0 Å². The second kappa shape index (κ2) is 7.90. The molecule has 0 radical (unpaired) electrons. The van der Waals surface area contributed by atoms with Crippen LogP contribution in [0.4, 0.5) is 5.69 Å². The van der Waals surface area contributed by atoms with Crippen LogP contribution in [0.3, 0.4) is 0 Å². The Kier molecular flexibility index (Phi) is 6.43. The Morgan fingerprint density at radius 3 is 2.55 bits per heavy atom. The average Bonchev–Trinajstić information content (AvgIpc) is 2.96. The van der Waals surface area contributed by atoms with Crippen LogP contribution in [0.1, 0.15) is 25.7 Å². The van der Waals surface area contributed by atoms with Crippen LogP contribution >= 0.6 is 31.9 Å². The first kappa shape index (κ1) is 17.9. The molecule has 1 heterocycles. The zero-order chi connectivity index (χ0) is 16.2. The number of rotatable bonds is 6. The van der Waals surface area contributed by atoms with E-state index in [9.17, 15) is 13.2 Å². The van der Waals surface area contributed by atoms with E-state index in [0.717, 1.165) is 21.8 Å². The van der Waals surface area contributed by atoms with Crippen LogP contribution in [-0.4, -0.2) is 37.5 Å². The van der Waals surface area contributed by atoms with Gasteiger partial charge in [-0.1, -0.05) is 15.9 Å². The molecule has 22 heavy (non-hydrogen) atoms. The predicted octanol–water partition coefficient (Wildman–Crippen LogP) is 3.36. The Morgan fingerprint density at radius 1 is 1.23 bits per heavy atom. The number of hydrogen-bond acceptors (Lipinski definition) is 3. The molecule has 0 atom stereocenters. The number of benzene rings is 1. The van der Waals surface area contributed by atoms with Crippen LogP contribution in [0, 0.1) is 0 Å². The van der Waals surface area contributed by atoms with E-state index in [1.807, 2.05) is 12.1 Å². The van der Waals surface area contributed by atoms with Gasteiger partial charge in [-0.15, -0.1) is 0 Å². The lowest BCUT2D eigenvalue weighted by Gasteiger charge is -2.15. The number of sulfonamides is 1. The maximum Gasteiger partial charge on any atom is 0.224 e. The van der Waals surface area contributed by atoms with E-state index in [2.05, 4.69) is 37.2 Å². The summed E-state index contributed by atoms with van der Waals surface area (Å²) in [6.07, 6.45) is 2.38. The van der Waals surface area contributed by atoms with E-state index in [-0.39, 0.29) is 18.1 Å². The third-order valence-corrected chi connectivity index (χ3v) is 6.58. The van der Waals surface area contributed by atoms with E-state index in [0.29, 0.717) is 25.2 Å². The smallest absolute Gasteiger partial charge is 0.224 e. The van der Waals surface area contributed by atoms with Crippen molar-refractivity contribution in [1.82, 2.24) is 4.31 Å². The molecule has 0 aromatic heterocycles. The molecule has 5 nitrogen and oxygen atoms in total. The molecule has 0 saturated carbocycles. The molecule has 0 spiro atoms. The molecule has 1 saturated heterocycles. The Labute approximate surface area is 147 Å². The highest BCUT2D eigenvalue weighted by Gasteiger charge is 2.24. The molecule has 1 amide bonds. The predicted molar refractivity (Wildman–Crippen MR) is 94.3 cm³/mol. The highest BCUT2D eigenvalue weighted by Crippen LogP contribution is 2.26. The second-order valence-electron chi connectivity index (χ2n) is 5.20. The number of nitrogens with one attached hydrogen (secondary N) is 1. The first-order valence-electron chi connectivity index (χ1n) is 7.11. The molecular weight excluding hydrogens is 436 g/mol. The standard InChI is InChI=1S/C14H18Br2N2O3S/c15-11-5-6-13(12(16)10-11)17-14(19)4-3-9-22(20,21)18-7-1-2-8-18/h5-6,10H,1-4,7-9H2,(H,17,19). The quantitative estimate of drug-likeness (QED) is 0.718. The second-order valence-corrected chi connectivity index (χ2v) is 9.06. The average molecular weight is 454 g/mol. The summed E-state index contributed by atoms with van der Waals surface area (Å²) in [5.74, 6) is -0.151. The number of carbonyl (C=O) groups excluding carboxylic acids is 1. The molecule has 1 fully saturated rings. The van der Waals surface area contributed by atoms with E-state index in [1.165, 1.54) is 4.31 Å². The number of nitrogens with zero attached hydrogens (tertiary/aromatic N) is 1. The van der Waals surface area contributed by atoms with Crippen molar-refractivity contribution in [3.05, 3.63) is 27.1 Å². The Bertz CT molecular complexity index is 643. The van der Waals surface area contributed by atoms with Gasteiger partial charge in [0, 0.05) is 28.5 Å². The molecule has 122 valence electrons. The molecule has 0 bridgehead atoms. The normalized spacial score (nSPS) is 15.9. The van der Waals surface area contributed by atoms with E-state index >= 15 is 0 Å². The summed E-state index contributed by atoms with van der Waals surface area (Å²) in [5, 5.41) is 2.78. The summed E-state index contributed by atoms with van der Waals surface area (Å²) < 4.78 is 27.3. The highest BCUT2D eigenvalue weighted by atomic mass is 79.9. The first-order valence-corrected chi connectivity index (χ1v) is 10.3. The van der Waals surface area contributed by atoms with Crippen molar-refractivity contribution in [2.45, 2.75) is 25.7 Å². The van der Waals surface area contributed by atoms with Gasteiger partial charge in [0.25, 0.3) is 0 Å². The monoisotopic (exact) mass is 452 g/mol. The number of amides is 1. The first-order chi connectivity index (χ1) is 10.4. The maximum absolute atomic E-state index is 12.0. The SMILES string of the molecule is O=C(CCCS(=O)(=O)N1CCCC1)Nc1ccc(Br)cc1Br. The van der Waals surface area contributed by atoms with E-state index < -0.39 is 10.0 Å². The molecule has 1 aliphatic heterocycles. The van der Waals surface area contributed by atoms with Gasteiger partial charge < -0.3 is 5.32 Å². The van der Waals surface area contributed by atoms with Crippen LogP contribution in [0.15, 0.2) is 27.1 Å². The van der Waals surface area contributed by atoms with Gasteiger partial charge in [-0.25, -0.2) is 12.7 Å². The van der Waals surface area contributed by atoms with Gasteiger partial charge in [-0.3, -0.25) is 4.79 Å². The van der Waals surface area contributed by atoms with Crippen molar-refractivity contribution < 1.29 is 13.2 Å². The fourth-order valence-corrected chi connectivity index (χ4v) is 5.04. The van der Waals surface area contributed by atoms with Crippen LogP contribution in [-0.2, 0) is 14.8 Å². The fraction of sp³-hybridized carbons (Fsp3) is 0.500. The number of carbonyl (C=O) groups is 1. The van der Waals surface area contributed by atoms with Crippen molar-refractivity contribution in [3.63, 3.8) is 0 Å². The van der Waals surface area contributed by atoms with Crippen LogP contribution in [0.2, 0.25) is 0 Å². The topological polar surface area (TPSA) is 66.5 Å². The Morgan fingerprint density at radius 2 is 1.91 bits per heavy atom. The highest BCUT2D eigenvalue weighted by molar-refractivity contribution is 9.11. The molecule has 1 aromatic rings. The minimum absolute atomic E-state index is 0.0297. The summed E-state index contributed by atoms with van der Waals surface area (Å²) >= 11 is 6.72.